The van der Waals surface area contributed by atoms with E-state index in [-0.39, 0.29) is 33.4 Å². The van der Waals surface area contributed by atoms with E-state index in [0.717, 1.165) is 16.1 Å². The lowest BCUT2D eigenvalue weighted by atomic mass is 9.98. The number of rotatable bonds is 6. The maximum Gasteiger partial charge on any atom is 0.255 e. The third-order valence-corrected chi connectivity index (χ3v) is 9.08. The first-order chi connectivity index (χ1) is 20.5. The number of benzene rings is 3. The van der Waals surface area contributed by atoms with E-state index in [1.807, 2.05) is 11.0 Å². The van der Waals surface area contributed by atoms with Crippen molar-refractivity contribution in [3.63, 3.8) is 0 Å². The third kappa shape index (κ3) is 5.08. The van der Waals surface area contributed by atoms with Gasteiger partial charge in [0.1, 0.15) is 28.8 Å². The van der Waals surface area contributed by atoms with Crippen LogP contribution in [0.5, 0.6) is 0 Å². The molecule has 0 fully saturated rings. The maximum atomic E-state index is 14.5. The third-order valence-electron chi connectivity index (χ3n) is 7.58. The predicted molar refractivity (Wildman–Crippen MR) is 163 cm³/mol. The summed E-state index contributed by atoms with van der Waals surface area (Å²) in [5.74, 6) is -0.499. The molecule has 0 saturated heterocycles. The summed E-state index contributed by atoms with van der Waals surface area (Å²) in [4.78, 5) is 19.6. The van der Waals surface area contributed by atoms with Gasteiger partial charge in [-0.25, -0.2) is 22.2 Å². The van der Waals surface area contributed by atoms with Gasteiger partial charge in [0.05, 0.1) is 22.5 Å². The van der Waals surface area contributed by atoms with Gasteiger partial charge in [-0.05, 0) is 48.0 Å². The Morgan fingerprint density at radius 3 is 2.49 bits per heavy atom. The SMILES string of the molecule is CNC(=O)c1c(-c2ccc(F)cc2)oc2cc(N(C)S(C)(=O)=O)c(-c3cc(N4Cc5cccc(F)c5C4)ncc3Cl)cc12. The van der Waals surface area contributed by atoms with Crippen LogP contribution >= 0.6 is 11.6 Å². The van der Waals surface area contributed by atoms with Crippen molar-refractivity contribution in [2.75, 3.05) is 29.6 Å². The summed E-state index contributed by atoms with van der Waals surface area (Å²) >= 11 is 6.69. The van der Waals surface area contributed by atoms with Crippen LogP contribution in [0, 0.1) is 11.6 Å². The van der Waals surface area contributed by atoms with E-state index in [0.29, 0.717) is 46.5 Å². The normalized spacial score (nSPS) is 12.9. The molecule has 0 aliphatic carbocycles. The first-order valence-corrected chi connectivity index (χ1v) is 15.4. The summed E-state index contributed by atoms with van der Waals surface area (Å²) in [6.07, 6.45) is 2.53. The monoisotopic (exact) mass is 622 g/mol. The standard InChI is InChI=1S/C31H25ClF2N4O4S/c1-35-31(39)29-22-11-21(20-12-28(36-14-24(20)32)38-15-18-5-4-6-25(34)23(18)16-38)26(37(2)43(3,40)41)13-27(22)42-30(29)17-7-9-19(33)10-8-17/h4-14H,15-16H2,1-3H3,(H,35,39). The van der Waals surface area contributed by atoms with Crippen LogP contribution < -0.4 is 14.5 Å². The average Bonchev–Trinajstić information content (AvgIpc) is 3.58. The van der Waals surface area contributed by atoms with Crippen molar-refractivity contribution in [2.45, 2.75) is 13.1 Å². The summed E-state index contributed by atoms with van der Waals surface area (Å²) < 4.78 is 60.9. The van der Waals surface area contributed by atoms with Gasteiger partial charge >= 0.3 is 0 Å². The molecule has 0 bridgehead atoms. The molecule has 8 nitrogen and oxygen atoms in total. The molecule has 0 unspecified atom stereocenters. The molecule has 0 radical (unpaired) electrons. The van der Waals surface area contributed by atoms with Gasteiger partial charge in [-0.15, -0.1) is 0 Å². The molecule has 5 aromatic rings. The number of nitrogens with one attached hydrogen (secondary N) is 1. The van der Waals surface area contributed by atoms with Gasteiger partial charge in [0.15, 0.2) is 0 Å². The van der Waals surface area contributed by atoms with E-state index in [2.05, 4.69) is 10.3 Å². The van der Waals surface area contributed by atoms with E-state index in [9.17, 15) is 22.0 Å². The Morgan fingerprint density at radius 2 is 1.81 bits per heavy atom. The number of nitrogens with zero attached hydrogens (tertiary/aromatic N) is 3. The molecule has 1 aliphatic heterocycles. The molecule has 1 amide bonds. The second kappa shape index (κ2) is 10.7. The fourth-order valence-corrected chi connectivity index (χ4v) is 6.01. The smallest absolute Gasteiger partial charge is 0.255 e. The summed E-state index contributed by atoms with van der Waals surface area (Å²) in [7, 11) is -0.876. The van der Waals surface area contributed by atoms with Crippen LogP contribution in [0.15, 0.2) is 71.3 Å². The predicted octanol–water partition coefficient (Wildman–Crippen LogP) is 6.37. The Bertz CT molecular complexity index is 2030. The Morgan fingerprint density at radius 1 is 1.07 bits per heavy atom. The van der Waals surface area contributed by atoms with Gasteiger partial charge < -0.3 is 14.6 Å². The molecular weight excluding hydrogens is 598 g/mol. The second-order valence-electron chi connectivity index (χ2n) is 10.2. The van der Waals surface area contributed by atoms with Gasteiger partial charge in [-0.1, -0.05) is 23.7 Å². The van der Waals surface area contributed by atoms with Crippen molar-refractivity contribution >= 4 is 50.0 Å². The van der Waals surface area contributed by atoms with Gasteiger partial charge in [-0.2, -0.15) is 0 Å². The number of pyridine rings is 1. The van der Waals surface area contributed by atoms with Crippen LogP contribution in [0.4, 0.5) is 20.3 Å². The average molecular weight is 623 g/mol. The summed E-state index contributed by atoms with van der Waals surface area (Å²) in [6, 6.07) is 15.3. The lowest BCUT2D eigenvalue weighted by molar-refractivity contribution is 0.0964. The largest absolute Gasteiger partial charge is 0.455 e. The van der Waals surface area contributed by atoms with Crippen LogP contribution in [0.2, 0.25) is 5.02 Å². The van der Waals surface area contributed by atoms with E-state index < -0.39 is 21.7 Å². The van der Waals surface area contributed by atoms with Crippen molar-refractivity contribution in [1.29, 1.82) is 0 Å². The zero-order valence-electron chi connectivity index (χ0n) is 23.3. The Balaban J connectivity index is 1.58. The van der Waals surface area contributed by atoms with Crippen molar-refractivity contribution in [2.24, 2.45) is 0 Å². The summed E-state index contributed by atoms with van der Waals surface area (Å²) in [5, 5.41) is 3.25. The fourth-order valence-electron chi connectivity index (χ4n) is 5.29. The van der Waals surface area contributed by atoms with E-state index >= 15 is 0 Å². The van der Waals surface area contributed by atoms with E-state index in [1.165, 1.54) is 56.7 Å². The van der Waals surface area contributed by atoms with Crippen molar-refractivity contribution in [3.8, 4) is 22.5 Å². The van der Waals surface area contributed by atoms with Crippen LogP contribution in [-0.4, -0.2) is 39.7 Å². The topological polar surface area (TPSA) is 95.8 Å². The molecule has 1 aliphatic rings. The highest BCUT2D eigenvalue weighted by Crippen LogP contribution is 2.44. The van der Waals surface area contributed by atoms with Crippen molar-refractivity contribution in [1.82, 2.24) is 10.3 Å². The van der Waals surface area contributed by atoms with Crippen LogP contribution in [0.25, 0.3) is 33.4 Å². The Hall–Kier alpha value is -4.48. The quantitative estimate of drug-likeness (QED) is 0.236. The molecule has 1 N–H and O–H groups in total. The number of amides is 1. The minimum atomic E-state index is -3.76. The highest BCUT2D eigenvalue weighted by molar-refractivity contribution is 7.92. The molecule has 3 heterocycles. The highest BCUT2D eigenvalue weighted by atomic mass is 35.5. The number of hydrogen-bond acceptors (Lipinski definition) is 6. The van der Waals surface area contributed by atoms with Crippen LogP contribution in [-0.2, 0) is 23.1 Å². The van der Waals surface area contributed by atoms with E-state index in [1.54, 1.807) is 18.2 Å². The first kappa shape index (κ1) is 28.6. The number of furan rings is 1. The van der Waals surface area contributed by atoms with Gasteiger partial charge in [0.25, 0.3) is 5.91 Å². The number of fused-ring (bicyclic) bond motifs is 2. The number of anilines is 2. The maximum absolute atomic E-state index is 14.5. The van der Waals surface area contributed by atoms with Crippen LogP contribution in [0.1, 0.15) is 21.5 Å². The fraction of sp³-hybridized carbons (Fsp3) is 0.161. The molecule has 0 atom stereocenters. The van der Waals surface area contributed by atoms with Gasteiger partial charge in [-0.3, -0.25) is 9.10 Å². The zero-order chi connectivity index (χ0) is 30.6. The molecular formula is C31H25ClF2N4O4S. The summed E-state index contributed by atoms with van der Waals surface area (Å²) in [5.41, 5.74) is 3.41. The first-order valence-electron chi connectivity index (χ1n) is 13.2. The Kier molecular flexibility index (Phi) is 7.10. The van der Waals surface area contributed by atoms with Gasteiger partial charge in [0.2, 0.25) is 10.0 Å². The molecule has 6 rings (SSSR count). The highest BCUT2D eigenvalue weighted by Gasteiger charge is 2.28. The number of carbonyl (C=O) groups is 1. The van der Waals surface area contributed by atoms with Crippen LogP contribution in [0.3, 0.4) is 0 Å². The molecule has 2 aromatic heterocycles. The van der Waals surface area contributed by atoms with Gasteiger partial charge in [0, 0.05) is 67.1 Å². The lowest BCUT2D eigenvalue weighted by Gasteiger charge is -2.22. The van der Waals surface area contributed by atoms with Crippen molar-refractivity contribution in [3.05, 3.63) is 100 Å². The molecule has 0 spiro atoms. The Labute approximate surface area is 251 Å². The lowest BCUT2D eigenvalue weighted by Crippen LogP contribution is -2.25. The molecule has 0 saturated carbocycles. The molecule has 3 aromatic carbocycles. The minimum absolute atomic E-state index is 0.190. The zero-order valence-corrected chi connectivity index (χ0v) is 24.9. The minimum Gasteiger partial charge on any atom is -0.455 e. The number of hydrogen-bond donors (Lipinski definition) is 1. The summed E-state index contributed by atoms with van der Waals surface area (Å²) in [6.45, 7) is 0.731. The molecule has 220 valence electrons. The second-order valence-corrected chi connectivity index (χ2v) is 12.7. The molecule has 12 heteroatoms. The van der Waals surface area contributed by atoms with E-state index in [4.69, 9.17) is 16.0 Å². The number of halogens is 3. The number of sulfonamides is 1. The van der Waals surface area contributed by atoms with Crippen molar-refractivity contribution < 1.29 is 26.4 Å². The number of aromatic nitrogens is 1. The number of carbonyl (C=O) groups excluding carboxylic acids is 1. The molecule has 43 heavy (non-hydrogen) atoms.